The molecule has 0 heterocycles. The maximum absolute atomic E-state index is 11.6. The van der Waals surface area contributed by atoms with Gasteiger partial charge in [-0.3, -0.25) is 0 Å². The molecule has 0 aliphatic rings. The number of hydrogen-bond acceptors (Lipinski definition) is 3. The lowest BCUT2D eigenvalue weighted by Crippen LogP contribution is -2.14. The molecule has 0 unspecified atom stereocenters. The third kappa shape index (κ3) is 7.46. The lowest BCUT2D eigenvalue weighted by molar-refractivity contribution is -0.131. The first kappa shape index (κ1) is 31.2. The predicted molar refractivity (Wildman–Crippen MR) is 170 cm³/mol. The van der Waals surface area contributed by atoms with Crippen LogP contribution in [-0.4, -0.2) is 21.3 Å². The maximum atomic E-state index is 11.6. The lowest BCUT2D eigenvalue weighted by Gasteiger charge is -2.27. The molecule has 0 bridgehead atoms. The van der Waals surface area contributed by atoms with Gasteiger partial charge < -0.3 is 15.3 Å². The average molecular weight is 551 g/mol. The van der Waals surface area contributed by atoms with Crippen LogP contribution in [-0.2, 0) is 15.6 Å². The number of aliphatic carboxylic acids is 1. The molecule has 41 heavy (non-hydrogen) atoms. The summed E-state index contributed by atoms with van der Waals surface area (Å²) in [6.07, 6.45) is 0.833. The average Bonchev–Trinajstić information content (AvgIpc) is 2.93. The number of rotatable bonds is 5. The van der Waals surface area contributed by atoms with Gasteiger partial charge >= 0.3 is 5.97 Å². The van der Waals surface area contributed by atoms with E-state index < -0.39 is 5.97 Å². The first-order valence-corrected chi connectivity index (χ1v) is 13.9. The highest BCUT2D eigenvalue weighted by Gasteiger charge is 2.27. The molecule has 4 heteroatoms. The molecule has 0 aliphatic heterocycles. The molecule has 0 aromatic heterocycles. The van der Waals surface area contributed by atoms with Crippen molar-refractivity contribution in [1.29, 1.82) is 0 Å². The van der Waals surface area contributed by atoms with Crippen molar-refractivity contribution in [2.24, 2.45) is 0 Å². The summed E-state index contributed by atoms with van der Waals surface area (Å²) in [5.41, 5.74) is 7.33. The summed E-state index contributed by atoms with van der Waals surface area (Å²) in [4.78, 5) is 9.25. The number of carboxylic acid groups (broad SMARTS) is 1. The van der Waals surface area contributed by atoms with Gasteiger partial charge in [0.1, 0.15) is 11.5 Å². The van der Waals surface area contributed by atoms with E-state index in [1.807, 2.05) is 60.7 Å². The summed E-state index contributed by atoms with van der Waals surface area (Å²) in [6, 6.07) is 28.5. The van der Waals surface area contributed by atoms with Gasteiger partial charge in [0.25, 0.3) is 0 Å². The van der Waals surface area contributed by atoms with E-state index in [-0.39, 0.29) is 28.2 Å². The monoisotopic (exact) mass is 550 g/mol. The zero-order valence-electron chi connectivity index (χ0n) is 25.2. The van der Waals surface area contributed by atoms with Crippen LogP contribution >= 0.6 is 0 Å². The Hall–Kier alpha value is -4.31. The zero-order chi connectivity index (χ0) is 30.5. The summed E-state index contributed by atoms with van der Waals surface area (Å²) in [5.74, 6) is -0.670. The van der Waals surface area contributed by atoms with Crippen molar-refractivity contribution in [1.82, 2.24) is 0 Å². The molecular weight excluding hydrogens is 508 g/mol. The van der Waals surface area contributed by atoms with Gasteiger partial charge in [-0.2, -0.15) is 0 Å². The second kappa shape index (κ2) is 12.5. The van der Waals surface area contributed by atoms with Gasteiger partial charge in [-0.05, 0) is 45.2 Å². The molecule has 0 saturated heterocycles. The van der Waals surface area contributed by atoms with Crippen LogP contribution in [0.1, 0.15) is 76.6 Å². The second-order valence-electron chi connectivity index (χ2n) is 12.4. The Bertz CT molecular complexity index is 1400. The Balaban J connectivity index is 0.000000850. The number of phenolic OH excluding ortho intramolecular Hbond substituents is 2. The highest BCUT2D eigenvalue weighted by atomic mass is 16.4. The lowest BCUT2D eigenvalue weighted by atomic mass is 9.78. The van der Waals surface area contributed by atoms with Gasteiger partial charge in [0.05, 0.1) is 0 Å². The first-order valence-electron chi connectivity index (χ1n) is 13.9. The van der Waals surface area contributed by atoms with Crippen molar-refractivity contribution in [3.8, 4) is 33.8 Å². The third-order valence-electron chi connectivity index (χ3n) is 7.29. The summed E-state index contributed by atoms with van der Waals surface area (Å²) in [7, 11) is 0. The molecule has 0 fully saturated rings. The fourth-order valence-corrected chi connectivity index (χ4v) is 4.68. The number of phenols is 2. The number of hydrogen-bond donors (Lipinski definition) is 3. The predicted octanol–water partition coefficient (Wildman–Crippen LogP) is 9.44. The van der Waals surface area contributed by atoms with Crippen LogP contribution in [0.3, 0.4) is 0 Å². The molecule has 3 N–H and O–H groups in total. The number of aromatic hydroxyl groups is 2. The van der Waals surface area contributed by atoms with E-state index in [1.54, 1.807) is 0 Å². The molecule has 0 radical (unpaired) electrons. The van der Waals surface area contributed by atoms with Crippen LogP contribution in [0.5, 0.6) is 11.5 Å². The standard InChI is InChI=1S/C34H38O2.C3H4O2/c1-22(27-18-25(33(2,3)4)20-29(31(27)35)23-14-10-8-11-15-23)28-19-26(34(5,6)7)21-30(32(28)36)24-16-12-9-13-17-24;1-2-3(4)5/h8-22,35-36H,1-7H3;2H,1H2,(H,4,5). The van der Waals surface area contributed by atoms with Crippen molar-refractivity contribution in [3.05, 3.63) is 120 Å². The molecule has 4 aromatic rings. The Labute approximate surface area is 244 Å². The fourth-order valence-electron chi connectivity index (χ4n) is 4.68. The number of carbonyl (C=O) groups is 1. The van der Waals surface area contributed by atoms with E-state index in [2.05, 4.69) is 79.3 Å². The molecule has 0 atom stereocenters. The molecule has 4 rings (SSSR count). The van der Waals surface area contributed by atoms with Gasteiger partial charge in [-0.1, -0.05) is 128 Å². The Morgan fingerprint density at radius 3 is 1.27 bits per heavy atom. The molecule has 4 aromatic carbocycles. The summed E-state index contributed by atoms with van der Waals surface area (Å²) in [5, 5.41) is 30.8. The van der Waals surface area contributed by atoms with Crippen molar-refractivity contribution in [2.45, 2.75) is 65.2 Å². The quantitative estimate of drug-likeness (QED) is 0.216. The molecule has 0 spiro atoms. The third-order valence-corrected chi connectivity index (χ3v) is 7.29. The Morgan fingerprint density at radius 2 is 1.00 bits per heavy atom. The van der Waals surface area contributed by atoms with E-state index in [9.17, 15) is 15.0 Å². The van der Waals surface area contributed by atoms with Crippen LogP contribution in [0, 0.1) is 0 Å². The zero-order valence-corrected chi connectivity index (χ0v) is 25.2. The van der Waals surface area contributed by atoms with Crippen LogP contribution in [0.2, 0.25) is 0 Å². The molecular formula is C37H42O4. The minimum Gasteiger partial charge on any atom is -0.507 e. The first-order chi connectivity index (χ1) is 19.1. The van der Waals surface area contributed by atoms with E-state index in [0.717, 1.165) is 50.6 Å². The second-order valence-corrected chi connectivity index (χ2v) is 12.4. The van der Waals surface area contributed by atoms with Gasteiger partial charge in [0.2, 0.25) is 0 Å². The topological polar surface area (TPSA) is 77.8 Å². The van der Waals surface area contributed by atoms with Crippen LogP contribution in [0.15, 0.2) is 97.6 Å². The van der Waals surface area contributed by atoms with Crippen molar-refractivity contribution >= 4 is 5.97 Å². The smallest absolute Gasteiger partial charge is 0.327 e. The SMILES string of the molecule is C=CC(=O)O.CC(c1cc(C(C)(C)C)cc(-c2ccccc2)c1O)c1cc(C(C)(C)C)cc(-c2ccccc2)c1O. The van der Waals surface area contributed by atoms with Gasteiger partial charge in [0.15, 0.2) is 0 Å². The highest BCUT2D eigenvalue weighted by molar-refractivity contribution is 5.79. The van der Waals surface area contributed by atoms with Crippen LogP contribution in [0.4, 0.5) is 0 Å². The minimum absolute atomic E-state index is 0.101. The van der Waals surface area contributed by atoms with Crippen molar-refractivity contribution < 1.29 is 20.1 Å². The summed E-state index contributed by atoms with van der Waals surface area (Å²) < 4.78 is 0. The Kier molecular flexibility index (Phi) is 9.49. The molecule has 214 valence electrons. The Morgan fingerprint density at radius 1 is 0.683 bits per heavy atom. The molecule has 0 saturated carbocycles. The maximum Gasteiger partial charge on any atom is 0.327 e. The number of benzene rings is 4. The summed E-state index contributed by atoms with van der Waals surface area (Å²) in [6.45, 7) is 18.2. The number of carboxylic acids is 1. The minimum atomic E-state index is -0.981. The van der Waals surface area contributed by atoms with Gasteiger partial charge in [-0.15, -0.1) is 0 Å². The van der Waals surface area contributed by atoms with E-state index in [4.69, 9.17) is 5.11 Å². The highest BCUT2D eigenvalue weighted by Crippen LogP contribution is 2.46. The van der Waals surface area contributed by atoms with E-state index in [1.165, 1.54) is 0 Å². The van der Waals surface area contributed by atoms with Gasteiger partial charge in [-0.25, -0.2) is 4.79 Å². The summed E-state index contributed by atoms with van der Waals surface area (Å²) >= 11 is 0. The fraction of sp³-hybridized carbons (Fsp3) is 0.270. The van der Waals surface area contributed by atoms with Gasteiger partial charge in [0, 0.05) is 34.2 Å². The van der Waals surface area contributed by atoms with E-state index >= 15 is 0 Å². The van der Waals surface area contributed by atoms with Crippen LogP contribution in [0.25, 0.3) is 22.3 Å². The molecule has 0 amide bonds. The van der Waals surface area contributed by atoms with E-state index in [0.29, 0.717) is 0 Å². The molecule has 0 aliphatic carbocycles. The molecule has 4 nitrogen and oxygen atoms in total. The van der Waals surface area contributed by atoms with Crippen molar-refractivity contribution in [3.63, 3.8) is 0 Å². The van der Waals surface area contributed by atoms with Crippen molar-refractivity contribution in [2.75, 3.05) is 0 Å². The van der Waals surface area contributed by atoms with Crippen LogP contribution < -0.4 is 0 Å². The largest absolute Gasteiger partial charge is 0.507 e. The normalized spacial score (nSPS) is 11.5.